The monoisotopic (exact) mass is 333 g/mol. The summed E-state index contributed by atoms with van der Waals surface area (Å²) in [5.41, 5.74) is 7.22. The van der Waals surface area contributed by atoms with E-state index < -0.39 is 0 Å². The Kier molecular flexibility index (Phi) is 6.63. The first-order valence-corrected chi connectivity index (χ1v) is 8.21. The van der Waals surface area contributed by atoms with Gasteiger partial charge in [0, 0.05) is 44.8 Å². The number of piperazine rings is 1. The third-order valence-corrected chi connectivity index (χ3v) is 4.23. The lowest BCUT2D eigenvalue weighted by molar-refractivity contribution is -0.128. The molecule has 0 unspecified atom stereocenters. The molecule has 6 nitrogen and oxygen atoms in total. The molecule has 6 heteroatoms. The van der Waals surface area contributed by atoms with Crippen LogP contribution in [0.1, 0.15) is 12.5 Å². The summed E-state index contributed by atoms with van der Waals surface area (Å²) in [6, 6.07) is 5.63. The number of hydrogen-bond acceptors (Lipinski definition) is 5. The normalized spacial score (nSPS) is 16.2. The van der Waals surface area contributed by atoms with Crippen LogP contribution in [0.15, 0.2) is 23.8 Å². The van der Waals surface area contributed by atoms with Gasteiger partial charge in [0.1, 0.15) is 0 Å². The van der Waals surface area contributed by atoms with E-state index in [2.05, 4.69) is 4.90 Å². The molecule has 1 aromatic rings. The molecule has 0 spiro atoms. The average molecular weight is 333 g/mol. The minimum atomic E-state index is 0.0807. The first kappa shape index (κ1) is 18.3. The highest BCUT2D eigenvalue weighted by atomic mass is 16.5. The van der Waals surface area contributed by atoms with E-state index >= 15 is 0 Å². The van der Waals surface area contributed by atoms with Gasteiger partial charge in [-0.05, 0) is 30.7 Å². The third-order valence-electron chi connectivity index (χ3n) is 4.23. The predicted octanol–water partition coefficient (Wildman–Crippen LogP) is 1.21. The van der Waals surface area contributed by atoms with Crippen molar-refractivity contribution < 1.29 is 14.3 Å². The number of methoxy groups -OCH3 is 2. The first-order chi connectivity index (χ1) is 11.6. The second-order valence-corrected chi connectivity index (χ2v) is 5.86. The number of carbonyl (C=O) groups is 1. The van der Waals surface area contributed by atoms with Gasteiger partial charge in [0.25, 0.3) is 0 Å². The number of carbonyl (C=O) groups excluding carboxylic acids is 1. The summed E-state index contributed by atoms with van der Waals surface area (Å²) >= 11 is 0. The van der Waals surface area contributed by atoms with E-state index in [4.69, 9.17) is 15.2 Å². The van der Waals surface area contributed by atoms with E-state index in [9.17, 15) is 4.79 Å². The van der Waals surface area contributed by atoms with Crippen LogP contribution in [0.2, 0.25) is 0 Å². The number of hydrogen-bond donors (Lipinski definition) is 1. The van der Waals surface area contributed by atoms with E-state index in [0.717, 1.165) is 43.9 Å². The zero-order valence-electron chi connectivity index (χ0n) is 14.7. The van der Waals surface area contributed by atoms with Crippen LogP contribution in [0.3, 0.4) is 0 Å². The molecule has 1 aromatic carbocycles. The van der Waals surface area contributed by atoms with Crippen molar-refractivity contribution in [2.24, 2.45) is 5.73 Å². The molecule has 2 N–H and O–H groups in total. The molecule has 1 heterocycles. The van der Waals surface area contributed by atoms with E-state index in [1.54, 1.807) is 14.2 Å². The molecule has 0 radical (unpaired) electrons. The van der Waals surface area contributed by atoms with Crippen molar-refractivity contribution in [3.8, 4) is 11.5 Å². The first-order valence-electron chi connectivity index (χ1n) is 8.21. The van der Waals surface area contributed by atoms with Gasteiger partial charge in [0.05, 0.1) is 14.2 Å². The third kappa shape index (κ3) is 4.49. The van der Waals surface area contributed by atoms with Crippen molar-refractivity contribution in [2.75, 3.05) is 53.5 Å². The van der Waals surface area contributed by atoms with E-state index in [1.165, 1.54) is 0 Å². The molecule has 0 aliphatic carbocycles. The molecular weight excluding hydrogens is 306 g/mol. The number of rotatable bonds is 6. The molecule has 0 saturated carbocycles. The zero-order valence-corrected chi connectivity index (χ0v) is 14.7. The van der Waals surface area contributed by atoms with Crippen LogP contribution < -0.4 is 15.2 Å². The lowest BCUT2D eigenvalue weighted by Gasteiger charge is -2.34. The molecule has 0 atom stereocenters. The molecule has 1 fully saturated rings. The molecule has 1 amide bonds. The maximum Gasteiger partial charge on any atom is 0.249 e. The van der Waals surface area contributed by atoms with Crippen LogP contribution in [-0.4, -0.2) is 69.2 Å². The Hall–Kier alpha value is -2.05. The summed E-state index contributed by atoms with van der Waals surface area (Å²) in [7, 11) is 3.20. The van der Waals surface area contributed by atoms with Gasteiger partial charge in [-0.2, -0.15) is 0 Å². The Morgan fingerprint density at radius 1 is 1.17 bits per heavy atom. The highest BCUT2D eigenvalue weighted by Crippen LogP contribution is 2.28. The van der Waals surface area contributed by atoms with Crippen molar-refractivity contribution in [1.82, 2.24) is 9.80 Å². The summed E-state index contributed by atoms with van der Waals surface area (Å²) in [6.45, 7) is 6.66. The Labute approximate surface area is 143 Å². The van der Waals surface area contributed by atoms with Crippen LogP contribution in [0.25, 0.3) is 6.08 Å². The van der Waals surface area contributed by atoms with Gasteiger partial charge in [0.2, 0.25) is 5.91 Å². The maximum absolute atomic E-state index is 12.6. The Bertz CT molecular complexity index is 593. The van der Waals surface area contributed by atoms with Gasteiger partial charge in [-0.25, -0.2) is 0 Å². The fourth-order valence-corrected chi connectivity index (χ4v) is 2.86. The standard InChI is InChI=1S/C18H27N3O3/c1-14(12-15-4-5-16(23-2)17(13-15)24-3)18(22)21-10-8-20(7-6-19)9-11-21/h4-5,12-13H,6-11,19H2,1-3H3/b14-12+. The van der Waals surface area contributed by atoms with Gasteiger partial charge in [-0.1, -0.05) is 6.07 Å². The highest BCUT2D eigenvalue weighted by molar-refractivity contribution is 5.97. The minimum absolute atomic E-state index is 0.0807. The van der Waals surface area contributed by atoms with Gasteiger partial charge in [-0.15, -0.1) is 0 Å². The molecule has 0 bridgehead atoms. The molecular formula is C18H27N3O3. The van der Waals surface area contributed by atoms with Crippen molar-refractivity contribution in [3.05, 3.63) is 29.3 Å². The molecule has 24 heavy (non-hydrogen) atoms. The number of nitrogens with zero attached hydrogens (tertiary/aromatic N) is 2. The Balaban J connectivity index is 2.04. The van der Waals surface area contributed by atoms with Crippen molar-refractivity contribution >= 4 is 12.0 Å². The van der Waals surface area contributed by atoms with Gasteiger partial charge >= 0.3 is 0 Å². The van der Waals surface area contributed by atoms with Gasteiger partial charge in [-0.3, -0.25) is 9.69 Å². The smallest absolute Gasteiger partial charge is 0.249 e. The molecule has 0 aromatic heterocycles. The fraction of sp³-hybridized carbons (Fsp3) is 0.500. The lowest BCUT2D eigenvalue weighted by Crippen LogP contribution is -2.49. The van der Waals surface area contributed by atoms with Crippen LogP contribution >= 0.6 is 0 Å². The highest BCUT2D eigenvalue weighted by Gasteiger charge is 2.21. The molecule has 1 aliphatic heterocycles. The number of benzene rings is 1. The number of ether oxygens (including phenoxy) is 2. The SMILES string of the molecule is COc1ccc(/C=C(\C)C(=O)N2CCN(CCN)CC2)cc1OC. The molecule has 2 rings (SSSR count). The Morgan fingerprint density at radius 3 is 2.42 bits per heavy atom. The summed E-state index contributed by atoms with van der Waals surface area (Å²) in [4.78, 5) is 16.8. The second kappa shape index (κ2) is 8.70. The lowest BCUT2D eigenvalue weighted by atomic mass is 10.1. The predicted molar refractivity (Wildman–Crippen MR) is 95.3 cm³/mol. The maximum atomic E-state index is 12.6. The number of nitrogens with two attached hydrogens (primary N) is 1. The second-order valence-electron chi connectivity index (χ2n) is 5.86. The Morgan fingerprint density at radius 2 is 1.83 bits per heavy atom. The van der Waals surface area contributed by atoms with Crippen LogP contribution in [0.4, 0.5) is 0 Å². The van der Waals surface area contributed by atoms with Crippen LogP contribution in [-0.2, 0) is 4.79 Å². The summed E-state index contributed by atoms with van der Waals surface area (Å²) in [5.74, 6) is 1.41. The van der Waals surface area contributed by atoms with E-state index in [0.29, 0.717) is 18.0 Å². The largest absolute Gasteiger partial charge is 0.493 e. The van der Waals surface area contributed by atoms with Crippen LogP contribution in [0.5, 0.6) is 11.5 Å². The molecule has 1 aliphatic rings. The minimum Gasteiger partial charge on any atom is -0.493 e. The van der Waals surface area contributed by atoms with Crippen LogP contribution in [0, 0.1) is 0 Å². The summed E-state index contributed by atoms with van der Waals surface area (Å²) in [6.07, 6.45) is 1.89. The van der Waals surface area contributed by atoms with Gasteiger partial charge < -0.3 is 20.1 Å². The topological polar surface area (TPSA) is 68.0 Å². The van der Waals surface area contributed by atoms with Crippen molar-refractivity contribution in [1.29, 1.82) is 0 Å². The zero-order chi connectivity index (χ0) is 17.5. The van der Waals surface area contributed by atoms with E-state index in [1.807, 2.05) is 36.1 Å². The fourth-order valence-electron chi connectivity index (χ4n) is 2.86. The summed E-state index contributed by atoms with van der Waals surface area (Å²) < 4.78 is 10.5. The summed E-state index contributed by atoms with van der Waals surface area (Å²) in [5, 5.41) is 0. The average Bonchev–Trinajstić information content (AvgIpc) is 2.61. The van der Waals surface area contributed by atoms with E-state index in [-0.39, 0.29) is 5.91 Å². The quantitative estimate of drug-likeness (QED) is 0.793. The number of amides is 1. The molecule has 1 saturated heterocycles. The molecule has 132 valence electrons. The van der Waals surface area contributed by atoms with Crippen molar-refractivity contribution in [3.63, 3.8) is 0 Å². The van der Waals surface area contributed by atoms with Gasteiger partial charge in [0.15, 0.2) is 11.5 Å². The van der Waals surface area contributed by atoms with Crippen molar-refractivity contribution in [2.45, 2.75) is 6.92 Å².